The average Bonchev–Trinajstić information content (AvgIpc) is 3.39. The highest BCUT2D eigenvalue weighted by atomic mass is 79.9. The minimum absolute atomic E-state index is 0.147. The van der Waals surface area contributed by atoms with Crippen LogP contribution >= 0.6 is 15.9 Å². The van der Waals surface area contributed by atoms with Crippen molar-refractivity contribution in [1.82, 2.24) is 15.1 Å². The molecule has 0 radical (unpaired) electrons. The smallest absolute Gasteiger partial charge is 0.255 e. The Labute approximate surface area is 184 Å². The first-order valence-corrected chi connectivity index (χ1v) is 11.0. The van der Waals surface area contributed by atoms with E-state index in [9.17, 15) is 4.79 Å². The summed E-state index contributed by atoms with van der Waals surface area (Å²) in [6.07, 6.45) is 5.16. The lowest BCUT2D eigenvalue weighted by molar-refractivity contribution is 0.102. The number of nitrogens with zero attached hydrogens (tertiary/aromatic N) is 2. The van der Waals surface area contributed by atoms with Crippen LogP contribution in [0.3, 0.4) is 0 Å². The van der Waals surface area contributed by atoms with E-state index in [1.165, 1.54) is 12.8 Å². The minimum Gasteiger partial charge on any atom is -0.493 e. The SMILES string of the molecule is Cn1ncc(Br)c1-c1cc(NC(=O)c2ccccc2)ccc1OCCC1CCCN1. The fraction of sp³-hybridized carbons (Fsp3) is 0.304. The number of anilines is 1. The number of carbonyl (C=O) groups is 1. The number of rotatable bonds is 7. The van der Waals surface area contributed by atoms with E-state index in [1.807, 2.05) is 43.4 Å². The van der Waals surface area contributed by atoms with E-state index in [1.54, 1.807) is 23.0 Å². The second kappa shape index (κ2) is 9.45. The quantitative estimate of drug-likeness (QED) is 0.530. The molecule has 1 fully saturated rings. The van der Waals surface area contributed by atoms with Crippen molar-refractivity contribution >= 4 is 27.5 Å². The molecule has 0 aliphatic carbocycles. The summed E-state index contributed by atoms with van der Waals surface area (Å²) in [6, 6.07) is 15.4. The number of benzene rings is 2. The molecule has 2 aromatic carbocycles. The van der Waals surface area contributed by atoms with Crippen molar-refractivity contribution in [2.24, 2.45) is 7.05 Å². The van der Waals surface area contributed by atoms with Crippen LogP contribution in [0, 0.1) is 0 Å². The zero-order valence-electron chi connectivity index (χ0n) is 16.9. The molecular weight excluding hydrogens is 444 g/mol. The summed E-state index contributed by atoms with van der Waals surface area (Å²) in [5.74, 6) is 0.626. The van der Waals surface area contributed by atoms with E-state index in [0.29, 0.717) is 23.9 Å². The van der Waals surface area contributed by atoms with E-state index in [2.05, 4.69) is 31.7 Å². The maximum Gasteiger partial charge on any atom is 0.255 e. The molecule has 3 aromatic rings. The van der Waals surface area contributed by atoms with Crippen LogP contribution in [-0.4, -0.2) is 34.9 Å². The summed E-state index contributed by atoms with van der Waals surface area (Å²) >= 11 is 3.59. The molecule has 1 aliphatic heterocycles. The third-order valence-electron chi connectivity index (χ3n) is 5.31. The van der Waals surface area contributed by atoms with Gasteiger partial charge in [0.05, 0.1) is 23.0 Å². The van der Waals surface area contributed by atoms with Gasteiger partial charge in [-0.1, -0.05) is 18.2 Å². The van der Waals surface area contributed by atoms with Crippen LogP contribution in [0.4, 0.5) is 5.69 Å². The van der Waals surface area contributed by atoms with E-state index in [4.69, 9.17) is 4.74 Å². The Morgan fingerprint density at radius 2 is 2.13 bits per heavy atom. The molecule has 2 N–H and O–H groups in total. The van der Waals surface area contributed by atoms with E-state index < -0.39 is 0 Å². The van der Waals surface area contributed by atoms with Crippen LogP contribution in [0.5, 0.6) is 5.75 Å². The number of carbonyl (C=O) groups excluding carboxylic acids is 1. The fourth-order valence-corrected chi connectivity index (χ4v) is 4.30. The van der Waals surface area contributed by atoms with Crippen LogP contribution in [0.25, 0.3) is 11.3 Å². The topological polar surface area (TPSA) is 68.2 Å². The highest BCUT2D eigenvalue weighted by Gasteiger charge is 2.18. The number of nitrogens with one attached hydrogen (secondary N) is 2. The van der Waals surface area contributed by atoms with E-state index >= 15 is 0 Å². The van der Waals surface area contributed by atoms with Gasteiger partial charge in [-0.3, -0.25) is 9.48 Å². The molecule has 1 amide bonds. The van der Waals surface area contributed by atoms with Crippen molar-refractivity contribution in [2.45, 2.75) is 25.3 Å². The Morgan fingerprint density at radius 1 is 1.30 bits per heavy atom. The third-order valence-corrected chi connectivity index (χ3v) is 5.89. The molecule has 2 heterocycles. The number of hydrogen-bond acceptors (Lipinski definition) is 4. The van der Waals surface area contributed by atoms with Crippen LogP contribution in [0.15, 0.2) is 59.2 Å². The fourth-order valence-electron chi connectivity index (χ4n) is 3.74. The van der Waals surface area contributed by atoms with Gasteiger partial charge in [-0.2, -0.15) is 5.10 Å². The van der Waals surface area contributed by atoms with Crippen molar-refractivity contribution in [1.29, 1.82) is 0 Å². The Kier molecular flexibility index (Phi) is 6.50. The van der Waals surface area contributed by atoms with E-state index in [0.717, 1.165) is 34.4 Å². The lowest BCUT2D eigenvalue weighted by Crippen LogP contribution is -2.23. The summed E-state index contributed by atoms with van der Waals surface area (Å²) in [5, 5.41) is 10.8. The lowest BCUT2D eigenvalue weighted by Gasteiger charge is -2.16. The predicted molar refractivity (Wildman–Crippen MR) is 122 cm³/mol. The van der Waals surface area contributed by atoms with E-state index in [-0.39, 0.29) is 5.91 Å². The predicted octanol–water partition coefficient (Wildman–Crippen LogP) is 4.62. The van der Waals surface area contributed by atoms with Crippen molar-refractivity contribution in [2.75, 3.05) is 18.5 Å². The van der Waals surface area contributed by atoms with Crippen LogP contribution in [-0.2, 0) is 7.05 Å². The summed E-state index contributed by atoms with van der Waals surface area (Å²) in [7, 11) is 1.89. The molecule has 1 atom stereocenters. The molecule has 1 saturated heterocycles. The van der Waals surface area contributed by atoms with Crippen LogP contribution < -0.4 is 15.4 Å². The van der Waals surface area contributed by atoms with Gasteiger partial charge < -0.3 is 15.4 Å². The molecule has 1 aliphatic rings. The number of aryl methyl sites for hydroxylation is 1. The zero-order valence-corrected chi connectivity index (χ0v) is 18.5. The molecular formula is C23H25BrN4O2. The first-order chi connectivity index (χ1) is 14.6. The number of aromatic nitrogens is 2. The highest BCUT2D eigenvalue weighted by Crippen LogP contribution is 2.37. The summed E-state index contributed by atoms with van der Waals surface area (Å²) in [5.41, 5.74) is 3.11. The van der Waals surface area contributed by atoms with Gasteiger partial charge in [-0.25, -0.2) is 0 Å². The van der Waals surface area contributed by atoms with Gasteiger partial charge in [-0.15, -0.1) is 0 Å². The maximum atomic E-state index is 12.6. The van der Waals surface area contributed by atoms with Crippen molar-refractivity contribution in [3.63, 3.8) is 0 Å². The Hall–Kier alpha value is -2.64. The molecule has 7 heteroatoms. The second-order valence-electron chi connectivity index (χ2n) is 7.43. The van der Waals surface area contributed by atoms with Gasteiger partial charge in [0.25, 0.3) is 5.91 Å². The van der Waals surface area contributed by atoms with Crippen LogP contribution in [0.1, 0.15) is 29.6 Å². The monoisotopic (exact) mass is 468 g/mol. The maximum absolute atomic E-state index is 12.6. The normalized spacial score (nSPS) is 15.9. The Balaban J connectivity index is 1.57. The number of hydrogen-bond donors (Lipinski definition) is 2. The first kappa shape index (κ1) is 20.6. The Bertz CT molecular complexity index is 994. The second-order valence-corrected chi connectivity index (χ2v) is 8.28. The number of halogens is 1. The van der Waals surface area contributed by atoms with Crippen molar-refractivity contribution < 1.29 is 9.53 Å². The zero-order chi connectivity index (χ0) is 20.9. The molecule has 4 rings (SSSR count). The molecule has 0 bridgehead atoms. The summed E-state index contributed by atoms with van der Waals surface area (Å²) in [4.78, 5) is 12.6. The summed E-state index contributed by atoms with van der Waals surface area (Å²) in [6.45, 7) is 1.73. The molecule has 0 saturated carbocycles. The molecule has 6 nitrogen and oxygen atoms in total. The molecule has 0 spiro atoms. The van der Waals surface area contributed by atoms with Gasteiger partial charge in [0.1, 0.15) is 5.75 Å². The average molecular weight is 469 g/mol. The third kappa shape index (κ3) is 4.74. The standard InChI is InChI=1S/C23H25BrN4O2/c1-28-22(20(24)15-26-28)19-14-18(27-23(29)16-6-3-2-4-7-16)9-10-21(19)30-13-11-17-8-5-12-25-17/h2-4,6-7,9-10,14-15,17,25H,5,8,11-13H2,1H3,(H,27,29). The molecule has 1 aromatic heterocycles. The van der Waals surface area contributed by atoms with Gasteiger partial charge in [0, 0.05) is 29.9 Å². The van der Waals surface area contributed by atoms with Crippen molar-refractivity contribution in [3.05, 3.63) is 64.8 Å². The minimum atomic E-state index is -0.147. The molecule has 30 heavy (non-hydrogen) atoms. The van der Waals surface area contributed by atoms with Gasteiger partial charge >= 0.3 is 0 Å². The number of amides is 1. The van der Waals surface area contributed by atoms with Crippen LogP contribution in [0.2, 0.25) is 0 Å². The molecule has 156 valence electrons. The van der Waals surface area contributed by atoms with Gasteiger partial charge in [0.15, 0.2) is 0 Å². The summed E-state index contributed by atoms with van der Waals surface area (Å²) < 4.78 is 8.84. The Morgan fingerprint density at radius 3 is 2.83 bits per heavy atom. The number of ether oxygens (including phenoxy) is 1. The molecule has 1 unspecified atom stereocenters. The lowest BCUT2D eigenvalue weighted by atomic mass is 10.1. The van der Waals surface area contributed by atoms with Gasteiger partial charge in [0.2, 0.25) is 0 Å². The highest BCUT2D eigenvalue weighted by molar-refractivity contribution is 9.10. The first-order valence-electron chi connectivity index (χ1n) is 10.2. The van der Waals surface area contributed by atoms with Crippen molar-refractivity contribution in [3.8, 4) is 17.0 Å². The largest absolute Gasteiger partial charge is 0.493 e. The van der Waals surface area contributed by atoms with Gasteiger partial charge in [-0.05, 0) is 72.1 Å².